The van der Waals surface area contributed by atoms with Crippen LogP contribution < -0.4 is 0 Å². The van der Waals surface area contributed by atoms with Gasteiger partial charge in [-0.15, -0.1) is 11.6 Å². The molecule has 100 valence electrons. The van der Waals surface area contributed by atoms with Crippen LogP contribution in [-0.4, -0.2) is 36.9 Å². The molecule has 1 aromatic rings. The minimum Gasteiger partial charge on any atom is -0.383 e. The number of carbonyl (C=O) groups is 1. The number of benzene rings is 1. The van der Waals surface area contributed by atoms with Gasteiger partial charge in [0.25, 0.3) is 0 Å². The second kappa shape index (κ2) is 6.76. The van der Waals surface area contributed by atoms with Gasteiger partial charge in [0.1, 0.15) is 5.88 Å². The van der Waals surface area contributed by atoms with Gasteiger partial charge in [-0.2, -0.15) is 0 Å². The van der Waals surface area contributed by atoms with Crippen molar-refractivity contribution >= 4 is 17.5 Å². The van der Waals surface area contributed by atoms with E-state index in [-0.39, 0.29) is 11.8 Å². The molecule has 0 bridgehead atoms. The maximum atomic E-state index is 12.0. The molecular formula is C14H20ClNO2. The fourth-order valence-corrected chi connectivity index (χ4v) is 2.12. The predicted octanol–water partition coefficient (Wildman–Crippen LogP) is 2.64. The maximum Gasteiger partial charge on any atom is 0.238 e. The highest BCUT2D eigenvalue weighted by molar-refractivity contribution is 6.27. The van der Waals surface area contributed by atoms with Crippen molar-refractivity contribution < 1.29 is 9.53 Å². The molecule has 0 heterocycles. The molecule has 0 aliphatic rings. The van der Waals surface area contributed by atoms with E-state index >= 15 is 0 Å². The Labute approximate surface area is 114 Å². The smallest absolute Gasteiger partial charge is 0.238 e. The van der Waals surface area contributed by atoms with Crippen molar-refractivity contribution in [2.45, 2.75) is 19.4 Å². The number of hydrogen-bond donors (Lipinski definition) is 0. The lowest BCUT2D eigenvalue weighted by Crippen LogP contribution is -2.47. The lowest BCUT2D eigenvalue weighted by atomic mass is 9.92. The summed E-state index contributed by atoms with van der Waals surface area (Å²) < 4.78 is 5.06. The van der Waals surface area contributed by atoms with Crippen LogP contribution in [0.5, 0.6) is 0 Å². The molecule has 1 aromatic carbocycles. The van der Waals surface area contributed by atoms with E-state index in [9.17, 15) is 4.79 Å². The summed E-state index contributed by atoms with van der Waals surface area (Å²) in [7, 11) is 1.62. The Morgan fingerprint density at radius 2 is 1.94 bits per heavy atom. The maximum absolute atomic E-state index is 12.0. The predicted molar refractivity (Wildman–Crippen MR) is 73.8 cm³/mol. The van der Waals surface area contributed by atoms with Crippen molar-refractivity contribution in [1.29, 1.82) is 0 Å². The number of carbonyl (C=O) groups excluding carboxylic acids is 1. The van der Waals surface area contributed by atoms with Gasteiger partial charge in [0.15, 0.2) is 0 Å². The van der Waals surface area contributed by atoms with Crippen molar-refractivity contribution in [2.24, 2.45) is 0 Å². The van der Waals surface area contributed by atoms with E-state index in [1.165, 1.54) is 0 Å². The third kappa shape index (κ3) is 3.47. The zero-order valence-corrected chi connectivity index (χ0v) is 11.9. The van der Waals surface area contributed by atoms with Crippen molar-refractivity contribution in [3.05, 3.63) is 35.9 Å². The zero-order valence-electron chi connectivity index (χ0n) is 11.1. The number of methoxy groups -OCH3 is 1. The summed E-state index contributed by atoms with van der Waals surface area (Å²) >= 11 is 5.69. The minimum atomic E-state index is -0.397. The van der Waals surface area contributed by atoms with Gasteiger partial charge in [0.2, 0.25) is 5.91 Å². The van der Waals surface area contributed by atoms with Gasteiger partial charge >= 0.3 is 0 Å². The average molecular weight is 270 g/mol. The zero-order chi connectivity index (χ0) is 13.6. The summed E-state index contributed by atoms with van der Waals surface area (Å²) in [5.41, 5.74) is 0.686. The van der Waals surface area contributed by atoms with Crippen LogP contribution in [-0.2, 0) is 15.1 Å². The van der Waals surface area contributed by atoms with Gasteiger partial charge in [-0.25, -0.2) is 0 Å². The number of rotatable bonds is 6. The summed E-state index contributed by atoms with van der Waals surface area (Å²) in [4.78, 5) is 13.7. The molecule has 1 amide bonds. The molecule has 3 nitrogen and oxygen atoms in total. The molecule has 4 heteroatoms. The van der Waals surface area contributed by atoms with Crippen LogP contribution in [0.4, 0.5) is 0 Å². The first kappa shape index (κ1) is 15.0. The van der Waals surface area contributed by atoms with Crippen molar-refractivity contribution in [3.63, 3.8) is 0 Å². The Balaban J connectivity index is 2.99. The standard InChI is InChI=1S/C14H20ClNO2/c1-14(2,12-7-5-4-6-8-12)16(9-10-18-3)13(17)11-15/h4-8H,9-11H2,1-3H3. The van der Waals surface area contributed by atoms with E-state index < -0.39 is 5.54 Å². The monoisotopic (exact) mass is 269 g/mol. The molecule has 0 aliphatic heterocycles. The molecule has 0 fully saturated rings. The van der Waals surface area contributed by atoms with E-state index in [1.54, 1.807) is 12.0 Å². The normalized spacial score (nSPS) is 11.3. The SMILES string of the molecule is COCCN(C(=O)CCl)C(C)(C)c1ccccc1. The molecule has 0 N–H and O–H groups in total. The van der Waals surface area contributed by atoms with Crippen LogP contribution >= 0.6 is 11.6 Å². The molecule has 0 saturated carbocycles. The Bertz CT molecular complexity index is 379. The van der Waals surface area contributed by atoms with Crippen LogP contribution in [0.25, 0.3) is 0 Å². The highest BCUT2D eigenvalue weighted by Gasteiger charge is 2.31. The van der Waals surface area contributed by atoms with Crippen molar-refractivity contribution in [3.8, 4) is 0 Å². The summed E-state index contributed by atoms with van der Waals surface area (Å²) in [5, 5.41) is 0. The van der Waals surface area contributed by atoms with Gasteiger partial charge in [-0.1, -0.05) is 30.3 Å². The van der Waals surface area contributed by atoms with E-state index in [1.807, 2.05) is 44.2 Å². The van der Waals surface area contributed by atoms with Crippen molar-refractivity contribution in [1.82, 2.24) is 4.90 Å². The quantitative estimate of drug-likeness (QED) is 0.743. The number of nitrogens with zero attached hydrogens (tertiary/aromatic N) is 1. The minimum absolute atomic E-state index is 0.0139. The Morgan fingerprint density at radius 3 is 2.44 bits per heavy atom. The van der Waals surface area contributed by atoms with E-state index in [2.05, 4.69) is 0 Å². The van der Waals surface area contributed by atoms with Crippen LogP contribution in [0.15, 0.2) is 30.3 Å². The molecule has 0 aromatic heterocycles. The van der Waals surface area contributed by atoms with Crippen LogP contribution in [0, 0.1) is 0 Å². The van der Waals surface area contributed by atoms with Gasteiger partial charge in [0, 0.05) is 13.7 Å². The third-order valence-electron chi connectivity index (χ3n) is 3.09. The first-order chi connectivity index (χ1) is 8.54. The molecular weight excluding hydrogens is 250 g/mol. The topological polar surface area (TPSA) is 29.5 Å². The van der Waals surface area contributed by atoms with Crippen LogP contribution in [0.2, 0.25) is 0 Å². The Kier molecular flexibility index (Phi) is 5.63. The van der Waals surface area contributed by atoms with Crippen LogP contribution in [0.3, 0.4) is 0 Å². The Morgan fingerprint density at radius 1 is 1.33 bits per heavy atom. The second-order valence-corrected chi connectivity index (χ2v) is 4.86. The molecule has 0 atom stereocenters. The molecule has 0 unspecified atom stereocenters. The first-order valence-electron chi connectivity index (χ1n) is 5.95. The average Bonchev–Trinajstić information content (AvgIpc) is 2.39. The van der Waals surface area contributed by atoms with E-state index in [4.69, 9.17) is 16.3 Å². The number of halogens is 1. The van der Waals surface area contributed by atoms with Crippen LogP contribution in [0.1, 0.15) is 19.4 Å². The third-order valence-corrected chi connectivity index (χ3v) is 3.32. The number of hydrogen-bond acceptors (Lipinski definition) is 2. The first-order valence-corrected chi connectivity index (χ1v) is 6.48. The summed E-state index contributed by atoms with van der Waals surface area (Å²) in [6.45, 7) is 5.06. The number of ether oxygens (including phenoxy) is 1. The summed E-state index contributed by atoms with van der Waals surface area (Å²) in [5.74, 6) is -0.0949. The molecule has 0 aliphatic carbocycles. The van der Waals surface area contributed by atoms with Gasteiger partial charge in [0.05, 0.1) is 12.1 Å². The fourth-order valence-electron chi connectivity index (χ4n) is 1.97. The van der Waals surface area contributed by atoms with E-state index in [0.29, 0.717) is 13.2 Å². The highest BCUT2D eigenvalue weighted by Crippen LogP contribution is 2.27. The largest absolute Gasteiger partial charge is 0.383 e. The molecule has 0 radical (unpaired) electrons. The molecule has 0 spiro atoms. The van der Waals surface area contributed by atoms with E-state index in [0.717, 1.165) is 5.56 Å². The highest BCUT2D eigenvalue weighted by atomic mass is 35.5. The van der Waals surface area contributed by atoms with Crippen molar-refractivity contribution in [2.75, 3.05) is 26.1 Å². The number of alkyl halides is 1. The Hall–Kier alpha value is -1.06. The molecule has 18 heavy (non-hydrogen) atoms. The summed E-state index contributed by atoms with van der Waals surface area (Å²) in [6, 6.07) is 9.93. The molecule has 1 rings (SSSR count). The number of amides is 1. The van der Waals surface area contributed by atoms with Gasteiger partial charge in [-0.3, -0.25) is 4.79 Å². The van der Waals surface area contributed by atoms with Gasteiger partial charge < -0.3 is 9.64 Å². The fraction of sp³-hybridized carbons (Fsp3) is 0.500. The molecule has 0 saturated heterocycles. The summed E-state index contributed by atoms with van der Waals surface area (Å²) in [6.07, 6.45) is 0. The second-order valence-electron chi connectivity index (χ2n) is 4.60. The van der Waals surface area contributed by atoms with Gasteiger partial charge in [-0.05, 0) is 19.4 Å². The lowest BCUT2D eigenvalue weighted by molar-refractivity contribution is -0.135. The lowest BCUT2D eigenvalue weighted by Gasteiger charge is -2.38.